The van der Waals surface area contributed by atoms with Crippen molar-refractivity contribution in [1.82, 2.24) is 10.2 Å². The minimum atomic E-state index is -4.78. The lowest BCUT2D eigenvalue weighted by Crippen LogP contribution is -2.27. The molecular formula is C18H19F3N4O4. The number of aromatic nitrogens is 2. The van der Waals surface area contributed by atoms with E-state index in [1.165, 1.54) is 17.0 Å². The summed E-state index contributed by atoms with van der Waals surface area (Å²) in [6.45, 7) is 5.42. The minimum Gasteiger partial charge on any atom is -0.407 e. The third-order valence-electron chi connectivity index (χ3n) is 4.20. The lowest BCUT2D eigenvalue weighted by atomic mass is 9.96. The van der Waals surface area contributed by atoms with E-state index in [4.69, 9.17) is 4.42 Å². The molecule has 11 heteroatoms. The molecule has 1 aromatic heterocycles. The van der Waals surface area contributed by atoms with Crippen molar-refractivity contribution in [3.63, 3.8) is 0 Å². The standard InChI is InChI=1S/C18H19F3N4O4/c1-17(2,3)15(27)22-16-24-23-14(28-16)10-8-13(26)25(9-10)11-4-6-12(7-5-11)29-18(19,20)21/h4-7,10H,8-9H2,1-3H3,(H,22,24,27). The highest BCUT2D eigenvalue weighted by Gasteiger charge is 2.36. The van der Waals surface area contributed by atoms with E-state index < -0.39 is 17.7 Å². The average molecular weight is 412 g/mol. The highest BCUT2D eigenvalue weighted by Crippen LogP contribution is 2.33. The molecule has 8 nitrogen and oxygen atoms in total. The number of halogens is 3. The Hall–Kier alpha value is -3.11. The van der Waals surface area contributed by atoms with Gasteiger partial charge in [-0.1, -0.05) is 25.9 Å². The van der Waals surface area contributed by atoms with Gasteiger partial charge in [0.15, 0.2) is 0 Å². The minimum absolute atomic E-state index is 0.0560. The summed E-state index contributed by atoms with van der Waals surface area (Å²) in [6.07, 6.45) is -4.69. The fourth-order valence-electron chi connectivity index (χ4n) is 2.68. The summed E-state index contributed by atoms with van der Waals surface area (Å²) in [7, 11) is 0. The molecule has 0 saturated carbocycles. The van der Waals surface area contributed by atoms with Crippen molar-refractivity contribution in [3.05, 3.63) is 30.2 Å². The number of amides is 2. The fourth-order valence-corrected chi connectivity index (χ4v) is 2.68. The van der Waals surface area contributed by atoms with Gasteiger partial charge < -0.3 is 14.1 Å². The van der Waals surface area contributed by atoms with Crippen molar-refractivity contribution >= 4 is 23.5 Å². The molecule has 2 aromatic rings. The van der Waals surface area contributed by atoms with E-state index in [9.17, 15) is 22.8 Å². The van der Waals surface area contributed by atoms with Crippen LogP contribution in [-0.4, -0.2) is 34.9 Å². The van der Waals surface area contributed by atoms with Gasteiger partial charge in [0.05, 0.1) is 5.92 Å². The maximum Gasteiger partial charge on any atom is 0.573 e. The van der Waals surface area contributed by atoms with Crippen LogP contribution in [0.5, 0.6) is 5.75 Å². The quantitative estimate of drug-likeness (QED) is 0.826. The molecule has 1 unspecified atom stereocenters. The predicted molar refractivity (Wildman–Crippen MR) is 95.2 cm³/mol. The normalized spacial score (nSPS) is 17.5. The Kier molecular flexibility index (Phi) is 5.24. The van der Waals surface area contributed by atoms with Gasteiger partial charge in [0.2, 0.25) is 17.7 Å². The van der Waals surface area contributed by atoms with Crippen molar-refractivity contribution in [1.29, 1.82) is 0 Å². The Morgan fingerprint density at radius 1 is 1.21 bits per heavy atom. The molecule has 1 aromatic carbocycles. The largest absolute Gasteiger partial charge is 0.573 e. The molecule has 0 aliphatic carbocycles. The summed E-state index contributed by atoms with van der Waals surface area (Å²) in [5.41, 5.74) is -0.218. The first kappa shape index (κ1) is 20.6. The van der Waals surface area contributed by atoms with Crippen molar-refractivity contribution in [2.24, 2.45) is 5.41 Å². The topological polar surface area (TPSA) is 97.6 Å². The second-order valence-corrected chi connectivity index (χ2v) is 7.60. The zero-order chi connectivity index (χ0) is 21.4. The van der Waals surface area contributed by atoms with Gasteiger partial charge in [-0.15, -0.1) is 18.3 Å². The molecule has 1 aliphatic rings. The van der Waals surface area contributed by atoms with Crippen molar-refractivity contribution in [3.8, 4) is 5.75 Å². The lowest BCUT2D eigenvalue weighted by molar-refractivity contribution is -0.274. The van der Waals surface area contributed by atoms with Crippen LogP contribution in [0.4, 0.5) is 24.9 Å². The van der Waals surface area contributed by atoms with E-state index in [-0.39, 0.29) is 42.4 Å². The third-order valence-corrected chi connectivity index (χ3v) is 4.20. The van der Waals surface area contributed by atoms with Gasteiger partial charge in [-0.05, 0) is 24.3 Å². The smallest absolute Gasteiger partial charge is 0.407 e. The molecule has 1 atom stereocenters. The number of nitrogens with one attached hydrogen (secondary N) is 1. The first-order valence-corrected chi connectivity index (χ1v) is 8.73. The first-order valence-electron chi connectivity index (χ1n) is 8.73. The number of ether oxygens (including phenoxy) is 1. The summed E-state index contributed by atoms with van der Waals surface area (Å²) in [5.74, 6) is -1.11. The van der Waals surface area contributed by atoms with Crippen LogP contribution in [0.2, 0.25) is 0 Å². The number of carbonyl (C=O) groups excluding carboxylic acids is 2. The van der Waals surface area contributed by atoms with Crippen LogP contribution in [-0.2, 0) is 9.59 Å². The van der Waals surface area contributed by atoms with Crippen LogP contribution in [0.3, 0.4) is 0 Å². The van der Waals surface area contributed by atoms with Crippen LogP contribution in [0.15, 0.2) is 28.7 Å². The molecule has 0 radical (unpaired) electrons. The molecule has 2 amide bonds. The number of rotatable bonds is 4. The number of carbonyl (C=O) groups is 2. The van der Waals surface area contributed by atoms with Crippen LogP contribution in [0.25, 0.3) is 0 Å². The maximum atomic E-state index is 12.3. The van der Waals surface area contributed by atoms with E-state index >= 15 is 0 Å². The number of alkyl halides is 3. The molecule has 0 bridgehead atoms. The van der Waals surface area contributed by atoms with Gasteiger partial charge in [-0.25, -0.2) is 0 Å². The second kappa shape index (κ2) is 7.37. The molecule has 0 spiro atoms. The molecule has 3 rings (SSSR count). The lowest BCUT2D eigenvalue weighted by Gasteiger charge is -2.17. The Bertz CT molecular complexity index is 903. The van der Waals surface area contributed by atoms with Crippen LogP contribution in [0.1, 0.15) is 39.0 Å². The Balaban J connectivity index is 1.67. The maximum absolute atomic E-state index is 12.3. The van der Waals surface area contributed by atoms with Gasteiger partial charge >= 0.3 is 12.4 Å². The van der Waals surface area contributed by atoms with Crippen molar-refractivity contribution in [2.45, 2.75) is 39.5 Å². The molecule has 1 aliphatic heterocycles. The van der Waals surface area contributed by atoms with E-state index in [1.807, 2.05) is 0 Å². The average Bonchev–Trinajstić information content (AvgIpc) is 3.20. The first-order chi connectivity index (χ1) is 13.4. The molecule has 29 heavy (non-hydrogen) atoms. The second-order valence-electron chi connectivity index (χ2n) is 7.60. The summed E-state index contributed by atoms with van der Waals surface area (Å²) in [5, 5.41) is 10.2. The summed E-state index contributed by atoms with van der Waals surface area (Å²) in [4.78, 5) is 25.7. The zero-order valence-corrected chi connectivity index (χ0v) is 15.9. The third kappa shape index (κ3) is 5.04. The summed E-state index contributed by atoms with van der Waals surface area (Å²) < 4.78 is 46.0. The summed E-state index contributed by atoms with van der Waals surface area (Å²) in [6, 6.07) is 4.94. The zero-order valence-electron chi connectivity index (χ0n) is 15.9. The number of hydrogen-bond donors (Lipinski definition) is 1. The number of hydrogen-bond acceptors (Lipinski definition) is 6. The van der Waals surface area contributed by atoms with Crippen molar-refractivity contribution < 1.29 is 31.9 Å². The SMILES string of the molecule is CC(C)(C)C(=O)Nc1nnc(C2CC(=O)N(c3ccc(OC(F)(F)F)cc3)C2)o1. The molecular weight excluding hydrogens is 393 g/mol. The van der Waals surface area contributed by atoms with Crippen LogP contribution < -0.4 is 15.0 Å². The molecule has 1 fully saturated rings. The monoisotopic (exact) mass is 412 g/mol. The highest BCUT2D eigenvalue weighted by molar-refractivity contribution is 5.96. The van der Waals surface area contributed by atoms with E-state index in [1.54, 1.807) is 20.8 Å². The van der Waals surface area contributed by atoms with E-state index in [0.29, 0.717) is 5.69 Å². The van der Waals surface area contributed by atoms with Gasteiger partial charge in [0, 0.05) is 24.1 Å². The predicted octanol–water partition coefficient (Wildman–Crippen LogP) is 3.47. The number of benzene rings is 1. The van der Waals surface area contributed by atoms with Gasteiger partial charge in [-0.2, -0.15) is 0 Å². The van der Waals surface area contributed by atoms with Crippen LogP contribution >= 0.6 is 0 Å². The Morgan fingerprint density at radius 3 is 2.45 bits per heavy atom. The van der Waals surface area contributed by atoms with Crippen molar-refractivity contribution in [2.75, 3.05) is 16.8 Å². The molecule has 156 valence electrons. The number of nitrogens with zero attached hydrogens (tertiary/aromatic N) is 3. The fraction of sp³-hybridized carbons (Fsp3) is 0.444. The van der Waals surface area contributed by atoms with Gasteiger partial charge in [-0.3, -0.25) is 14.9 Å². The highest BCUT2D eigenvalue weighted by atomic mass is 19.4. The molecule has 1 N–H and O–H groups in total. The van der Waals surface area contributed by atoms with E-state index in [0.717, 1.165) is 12.1 Å². The summed E-state index contributed by atoms with van der Waals surface area (Å²) >= 11 is 0. The number of anilines is 2. The van der Waals surface area contributed by atoms with Gasteiger partial charge in [0.1, 0.15) is 5.75 Å². The Morgan fingerprint density at radius 2 is 1.86 bits per heavy atom. The van der Waals surface area contributed by atoms with E-state index in [2.05, 4.69) is 20.3 Å². The molecule has 2 heterocycles. The molecule has 1 saturated heterocycles. The van der Waals surface area contributed by atoms with Crippen LogP contribution in [0, 0.1) is 5.41 Å². The Labute approximate surface area is 164 Å². The van der Waals surface area contributed by atoms with Gasteiger partial charge in [0.25, 0.3) is 0 Å².